The molecule has 1 fully saturated rings. The number of ketones is 1. The lowest BCUT2D eigenvalue weighted by Crippen LogP contribution is -2.32. The molecule has 2 atom stereocenters. The van der Waals surface area contributed by atoms with E-state index in [2.05, 4.69) is 0 Å². The van der Waals surface area contributed by atoms with Crippen molar-refractivity contribution in [1.82, 2.24) is 0 Å². The maximum absolute atomic E-state index is 12.3. The Balaban J connectivity index is 1.82. The van der Waals surface area contributed by atoms with E-state index in [1.807, 2.05) is 12.1 Å². The standard InChI is InChI=1S/C15H16O5S/c1-10-15(6-7-19-10)21(17,18)9-12(16)14-8-11-4-2-3-5-13(11)20-14/h2-5,8,10,15H,6-7,9H2,1H3. The molecule has 6 heteroatoms. The minimum atomic E-state index is -3.53. The molecule has 21 heavy (non-hydrogen) atoms. The summed E-state index contributed by atoms with van der Waals surface area (Å²) in [5.41, 5.74) is 0.579. The molecule has 1 aromatic heterocycles. The summed E-state index contributed by atoms with van der Waals surface area (Å²) in [6.45, 7) is 2.14. The Morgan fingerprint density at radius 3 is 2.76 bits per heavy atom. The average molecular weight is 308 g/mol. The van der Waals surface area contributed by atoms with Crippen LogP contribution in [0.3, 0.4) is 0 Å². The molecule has 0 radical (unpaired) electrons. The molecule has 1 aliphatic rings. The first-order chi connectivity index (χ1) is 9.97. The Labute approximate surface area is 122 Å². The molecule has 3 rings (SSSR count). The van der Waals surface area contributed by atoms with E-state index in [0.717, 1.165) is 5.39 Å². The third-order valence-electron chi connectivity index (χ3n) is 3.80. The van der Waals surface area contributed by atoms with E-state index in [0.29, 0.717) is 18.6 Å². The van der Waals surface area contributed by atoms with Crippen molar-refractivity contribution in [2.45, 2.75) is 24.7 Å². The molecule has 2 unspecified atom stereocenters. The summed E-state index contributed by atoms with van der Waals surface area (Å²) in [6.07, 6.45) is 0.0789. The molecule has 0 amide bonds. The second-order valence-electron chi connectivity index (χ2n) is 5.28. The maximum Gasteiger partial charge on any atom is 0.213 e. The van der Waals surface area contributed by atoms with Gasteiger partial charge in [-0.3, -0.25) is 4.79 Å². The van der Waals surface area contributed by atoms with Crippen LogP contribution < -0.4 is 0 Å². The highest BCUT2D eigenvalue weighted by Crippen LogP contribution is 2.24. The second kappa shape index (κ2) is 5.27. The SMILES string of the molecule is CC1OCCC1S(=O)(=O)CC(=O)c1cc2ccccc2o1. The summed E-state index contributed by atoms with van der Waals surface area (Å²) in [5, 5.41) is 0.182. The highest BCUT2D eigenvalue weighted by atomic mass is 32.2. The average Bonchev–Trinajstić information content (AvgIpc) is 3.03. The van der Waals surface area contributed by atoms with Crippen molar-refractivity contribution in [3.05, 3.63) is 36.1 Å². The number of carbonyl (C=O) groups is 1. The van der Waals surface area contributed by atoms with Crippen LogP contribution in [0.5, 0.6) is 0 Å². The lowest BCUT2D eigenvalue weighted by molar-refractivity contribution is 0.0992. The quantitative estimate of drug-likeness (QED) is 0.810. The van der Waals surface area contributed by atoms with Crippen molar-refractivity contribution in [2.75, 3.05) is 12.4 Å². The van der Waals surface area contributed by atoms with E-state index >= 15 is 0 Å². The van der Waals surface area contributed by atoms with Gasteiger partial charge in [0, 0.05) is 12.0 Å². The molecular formula is C15H16O5S. The molecule has 5 nitrogen and oxygen atoms in total. The van der Waals surface area contributed by atoms with Crippen molar-refractivity contribution in [2.24, 2.45) is 0 Å². The number of sulfone groups is 1. The first kappa shape index (κ1) is 14.3. The van der Waals surface area contributed by atoms with Gasteiger partial charge >= 0.3 is 0 Å². The lowest BCUT2D eigenvalue weighted by atomic mass is 10.2. The van der Waals surface area contributed by atoms with Gasteiger partial charge in [0.05, 0.1) is 11.4 Å². The summed E-state index contributed by atoms with van der Waals surface area (Å²) in [7, 11) is -3.53. The minimum Gasteiger partial charge on any atom is -0.453 e. The largest absolute Gasteiger partial charge is 0.453 e. The number of rotatable bonds is 4. The molecule has 112 valence electrons. The van der Waals surface area contributed by atoms with Gasteiger partial charge in [-0.2, -0.15) is 0 Å². The fourth-order valence-corrected chi connectivity index (χ4v) is 4.50. The fraction of sp³-hybridized carbons (Fsp3) is 0.400. The van der Waals surface area contributed by atoms with E-state index in [4.69, 9.17) is 9.15 Å². The molecule has 0 aliphatic carbocycles. The molecule has 2 aromatic rings. The monoisotopic (exact) mass is 308 g/mol. The Morgan fingerprint density at radius 1 is 1.33 bits per heavy atom. The molecule has 1 aromatic carbocycles. The Morgan fingerprint density at radius 2 is 2.10 bits per heavy atom. The van der Waals surface area contributed by atoms with Gasteiger partial charge in [0.15, 0.2) is 15.6 Å². The van der Waals surface area contributed by atoms with Crippen LogP contribution in [-0.4, -0.2) is 37.9 Å². The van der Waals surface area contributed by atoms with Gasteiger partial charge in [0.25, 0.3) is 0 Å². The van der Waals surface area contributed by atoms with Crippen LogP contribution in [0.1, 0.15) is 23.9 Å². The molecule has 0 N–H and O–H groups in total. The maximum atomic E-state index is 12.3. The zero-order valence-electron chi connectivity index (χ0n) is 11.6. The van der Waals surface area contributed by atoms with Crippen molar-refractivity contribution in [1.29, 1.82) is 0 Å². The highest BCUT2D eigenvalue weighted by molar-refractivity contribution is 7.92. The lowest BCUT2D eigenvalue weighted by Gasteiger charge is -2.13. The van der Waals surface area contributed by atoms with E-state index in [1.165, 1.54) is 0 Å². The van der Waals surface area contributed by atoms with Gasteiger partial charge in [-0.1, -0.05) is 18.2 Å². The van der Waals surface area contributed by atoms with Gasteiger partial charge in [0.1, 0.15) is 11.3 Å². The minimum absolute atomic E-state index is 0.0892. The number of fused-ring (bicyclic) bond motifs is 1. The first-order valence-electron chi connectivity index (χ1n) is 6.82. The number of para-hydroxylation sites is 1. The van der Waals surface area contributed by atoms with Crippen LogP contribution in [0.2, 0.25) is 0 Å². The molecule has 1 aliphatic heterocycles. The predicted molar refractivity (Wildman–Crippen MR) is 78.2 cm³/mol. The number of ether oxygens (including phenoxy) is 1. The molecule has 2 heterocycles. The van der Waals surface area contributed by atoms with E-state index in [-0.39, 0.29) is 11.9 Å². The van der Waals surface area contributed by atoms with Gasteiger partial charge in [0.2, 0.25) is 5.78 Å². The van der Waals surface area contributed by atoms with Crippen LogP contribution in [0.25, 0.3) is 11.0 Å². The van der Waals surface area contributed by atoms with E-state index in [9.17, 15) is 13.2 Å². The van der Waals surface area contributed by atoms with Crippen LogP contribution in [-0.2, 0) is 14.6 Å². The van der Waals surface area contributed by atoms with Gasteiger partial charge in [-0.05, 0) is 25.5 Å². The summed E-state index contributed by atoms with van der Waals surface area (Å²) in [6, 6.07) is 8.78. The van der Waals surface area contributed by atoms with Crippen LogP contribution in [0.4, 0.5) is 0 Å². The molecular weight excluding hydrogens is 292 g/mol. The van der Waals surface area contributed by atoms with Crippen molar-refractivity contribution < 1.29 is 22.4 Å². The Hall–Kier alpha value is -1.66. The van der Waals surface area contributed by atoms with Gasteiger partial charge in [-0.25, -0.2) is 8.42 Å². The number of hydrogen-bond acceptors (Lipinski definition) is 5. The topological polar surface area (TPSA) is 73.6 Å². The van der Waals surface area contributed by atoms with Crippen molar-refractivity contribution in [3.63, 3.8) is 0 Å². The van der Waals surface area contributed by atoms with Gasteiger partial charge in [-0.15, -0.1) is 0 Å². The number of furan rings is 1. The zero-order valence-corrected chi connectivity index (χ0v) is 12.4. The zero-order chi connectivity index (χ0) is 15.0. The normalized spacial score (nSPS) is 22.7. The Bertz CT molecular complexity index is 741. The van der Waals surface area contributed by atoms with E-state index < -0.39 is 26.6 Å². The Kier molecular flexibility index (Phi) is 3.59. The molecule has 1 saturated heterocycles. The van der Waals surface area contributed by atoms with Crippen LogP contribution >= 0.6 is 0 Å². The summed E-state index contributed by atoms with van der Waals surface area (Å²) in [5.74, 6) is -0.956. The number of carbonyl (C=O) groups excluding carboxylic acids is 1. The third kappa shape index (κ3) is 2.73. The number of hydrogen-bond donors (Lipinski definition) is 0. The van der Waals surface area contributed by atoms with Crippen molar-refractivity contribution in [3.8, 4) is 0 Å². The predicted octanol–water partition coefficient (Wildman–Crippen LogP) is 2.21. The summed E-state index contributed by atoms with van der Waals surface area (Å²) < 4.78 is 35.3. The molecule has 0 saturated carbocycles. The number of Topliss-reactive ketones (excluding diaryl/α,β-unsaturated/α-hetero) is 1. The smallest absolute Gasteiger partial charge is 0.213 e. The van der Waals surface area contributed by atoms with Crippen LogP contribution in [0.15, 0.2) is 34.7 Å². The van der Waals surface area contributed by atoms with Crippen LogP contribution in [0, 0.1) is 0 Å². The fourth-order valence-electron chi connectivity index (χ4n) is 2.66. The first-order valence-corrected chi connectivity index (χ1v) is 8.54. The second-order valence-corrected chi connectivity index (χ2v) is 7.50. The van der Waals surface area contributed by atoms with Gasteiger partial charge < -0.3 is 9.15 Å². The summed E-state index contributed by atoms with van der Waals surface area (Å²) in [4.78, 5) is 12.2. The van der Waals surface area contributed by atoms with E-state index in [1.54, 1.807) is 25.1 Å². The highest BCUT2D eigenvalue weighted by Gasteiger charge is 2.37. The van der Waals surface area contributed by atoms with Crippen molar-refractivity contribution >= 4 is 26.6 Å². The number of benzene rings is 1. The molecule has 0 spiro atoms. The summed E-state index contributed by atoms with van der Waals surface area (Å²) >= 11 is 0. The molecule has 0 bridgehead atoms. The third-order valence-corrected chi connectivity index (χ3v) is 6.01.